The van der Waals surface area contributed by atoms with E-state index in [1.54, 1.807) is 13.3 Å². The van der Waals surface area contributed by atoms with E-state index in [1.165, 1.54) is 18.4 Å². The lowest BCUT2D eigenvalue weighted by atomic mass is 9.95. The van der Waals surface area contributed by atoms with Crippen LogP contribution in [-0.4, -0.2) is 18.1 Å². The summed E-state index contributed by atoms with van der Waals surface area (Å²) in [5, 5.41) is 3.67. The molecular formula is C16H28N2O. The molecule has 3 nitrogen and oxygen atoms in total. The van der Waals surface area contributed by atoms with Crippen molar-refractivity contribution >= 4 is 0 Å². The van der Waals surface area contributed by atoms with Gasteiger partial charge >= 0.3 is 0 Å². The van der Waals surface area contributed by atoms with Crippen molar-refractivity contribution in [2.45, 2.75) is 53.1 Å². The van der Waals surface area contributed by atoms with Gasteiger partial charge < -0.3 is 10.1 Å². The Bertz CT molecular complexity index is 354. The van der Waals surface area contributed by atoms with Crippen LogP contribution < -0.4 is 10.1 Å². The summed E-state index contributed by atoms with van der Waals surface area (Å²) in [6.45, 7) is 10.0. The monoisotopic (exact) mass is 264 g/mol. The highest BCUT2D eigenvalue weighted by Crippen LogP contribution is 2.15. The number of nitrogens with one attached hydrogen (secondary N) is 1. The van der Waals surface area contributed by atoms with E-state index in [4.69, 9.17) is 4.74 Å². The van der Waals surface area contributed by atoms with Gasteiger partial charge in [0.15, 0.2) is 0 Å². The lowest BCUT2D eigenvalue weighted by Crippen LogP contribution is -2.31. The highest BCUT2D eigenvalue weighted by atomic mass is 16.5. The third-order valence-corrected chi connectivity index (χ3v) is 3.12. The fourth-order valence-corrected chi connectivity index (χ4v) is 2.34. The molecule has 0 saturated carbocycles. The van der Waals surface area contributed by atoms with Crippen LogP contribution in [-0.2, 0) is 6.54 Å². The van der Waals surface area contributed by atoms with Crippen LogP contribution in [0, 0.1) is 11.8 Å². The van der Waals surface area contributed by atoms with Crippen LogP contribution in [0.3, 0.4) is 0 Å². The normalized spacial score (nSPS) is 11.6. The highest BCUT2D eigenvalue weighted by molar-refractivity contribution is 5.20. The molecule has 0 spiro atoms. The first kappa shape index (κ1) is 16.0. The Morgan fingerprint density at radius 2 is 1.79 bits per heavy atom. The number of nitrogens with zero attached hydrogens (tertiary/aromatic N) is 1. The molecule has 0 bridgehead atoms. The molecular weight excluding hydrogens is 236 g/mol. The van der Waals surface area contributed by atoms with E-state index in [1.807, 2.05) is 12.1 Å². The molecule has 1 heterocycles. The fourth-order valence-electron chi connectivity index (χ4n) is 2.34. The standard InChI is InChI=1S/C16H28N2O/c1-12(2)8-15(9-13(3)4)18-11-14-6-7-17-16(10-14)19-5/h6-7,10,12-13,15,18H,8-9,11H2,1-5H3. The minimum atomic E-state index is 0.583. The summed E-state index contributed by atoms with van der Waals surface area (Å²) in [6, 6.07) is 4.62. The van der Waals surface area contributed by atoms with Gasteiger partial charge in [-0.1, -0.05) is 27.7 Å². The molecule has 3 heteroatoms. The van der Waals surface area contributed by atoms with Crippen LogP contribution >= 0.6 is 0 Å². The third kappa shape index (κ3) is 6.58. The maximum Gasteiger partial charge on any atom is 0.213 e. The molecule has 0 radical (unpaired) electrons. The molecule has 0 aliphatic heterocycles. The lowest BCUT2D eigenvalue weighted by Gasteiger charge is -2.22. The average Bonchev–Trinajstić information content (AvgIpc) is 2.35. The average molecular weight is 264 g/mol. The van der Waals surface area contributed by atoms with E-state index in [-0.39, 0.29) is 0 Å². The number of aromatic nitrogens is 1. The summed E-state index contributed by atoms with van der Waals surface area (Å²) in [7, 11) is 1.65. The van der Waals surface area contributed by atoms with E-state index in [0.29, 0.717) is 11.9 Å². The van der Waals surface area contributed by atoms with Gasteiger partial charge in [0.2, 0.25) is 5.88 Å². The molecule has 1 aromatic rings. The zero-order valence-electron chi connectivity index (χ0n) is 12.9. The Morgan fingerprint density at radius 1 is 1.16 bits per heavy atom. The first-order valence-electron chi connectivity index (χ1n) is 7.23. The summed E-state index contributed by atoms with van der Waals surface area (Å²) < 4.78 is 5.15. The second-order valence-corrected chi connectivity index (χ2v) is 6.04. The van der Waals surface area contributed by atoms with Gasteiger partial charge in [0.25, 0.3) is 0 Å². The molecule has 0 amide bonds. The smallest absolute Gasteiger partial charge is 0.213 e. The Morgan fingerprint density at radius 3 is 2.32 bits per heavy atom. The molecule has 1 N–H and O–H groups in total. The summed E-state index contributed by atoms with van der Waals surface area (Å²) in [6.07, 6.45) is 4.25. The summed E-state index contributed by atoms with van der Waals surface area (Å²) in [5.41, 5.74) is 1.23. The minimum Gasteiger partial charge on any atom is -0.481 e. The van der Waals surface area contributed by atoms with E-state index in [2.05, 4.69) is 38.0 Å². The largest absolute Gasteiger partial charge is 0.481 e. The van der Waals surface area contributed by atoms with Crippen LogP contribution in [0.5, 0.6) is 5.88 Å². The van der Waals surface area contributed by atoms with Crippen molar-refractivity contribution in [3.05, 3.63) is 23.9 Å². The Balaban J connectivity index is 2.54. The van der Waals surface area contributed by atoms with Crippen LogP contribution in [0.4, 0.5) is 0 Å². The van der Waals surface area contributed by atoms with Crippen LogP contribution in [0.2, 0.25) is 0 Å². The van der Waals surface area contributed by atoms with E-state index >= 15 is 0 Å². The molecule has 0 aliphatic carbocycles. The molecule has 1 aromatic heterocycles. The SMILES string of the molecule is COc1cc(CNC(CC(C)C)CC(C)C)ccn1. The lowest BCUT2D eigenvalue weighted by molar-refractivity contribution is 0.357. The number of hydrogen-bond acceptors (Lipinski definition) is 3. The number of hydrogen-bond donors (Lipinski definition) is 1. The van der Waals surface area contributed by atoms with Gasteiger partial charge in [0.05, 0.1) is 7.11 Å². The third-order valence-electron chi connectivity index (χ3n) is 3.12. The predicted molar refractivity (Wildman–Crippen MR) is 80.3 cm³/mol. The van der Waals surface area contributed by atoms with Crippen molar-refractivity contribution in [2.24, 2.45) is 11.8 Å². The van der Waals surface area contributed by atoms with Gasteiger partial charge in [-0.25, -0.2) is 4.98 Å². The maximum absolute atomic E-state index is 5.15. The van der Waals surface area contributed by atoms with Gasteiger partial charge in [-0.2, -0.15) is 0 Å². The fraction of sp³-hybridized carbons (Fsp3) is 0.688. The summed E-state index contributed by atoms with van der Waals surface area (Å²) in [4.78, 5) is 4.13. The van der Waals surface area contributed by atoms with E-state index in [0.717, 1.165) is 18.4 Å². The van der Waals surface area contributed by atoms with Crippen LogP contribution in [0.1, 0.15) is 46.1 Å². The van der Waals surface area contributed by atoms with Crippen molar-refractivity contribution in [3.8, 4) is 5.88 Å². The molecule has 0 aromatic carbocycles. The van der Waals surface area contributed by atoms with Crippen molar-refractivity contribution in [1.82, 2.24) is 10.3 Å². The number of ether oxygens (including phenoxy) is 1. The van der Waals surface area contributed by atoms with Gasteiger partial charge in [0.1, 0.15) is 0 Å². The summed E-state index contributed by atoms with van der Waals surface area (Å²) >= 11 is 0. The maximum atomic E-state index is 5.15. The van der Waals surface area contributed by atoms with Crippen LogP contribution in [0.25, 0.3) is 0 Å². The first-order valence-corrected chi connectivity index (χ1v) is 7.23. The summed E-state index contributed by atoms with van der Waals surface area (Å²) in [5.74, 6) is 2.13. The quantitative estimate of drug-likeness (QED) is 0.778. The van der Waals surface area contributed by atoms with Crippen LogP contribution in [0.15, 0.2) is 18.3 Å². The Labute approximate surface area is 117 Å². The zero-order chi connectivity index (χ0) is 14.3. The van der Waals surface area contributed by atoms with Gasteiger partial charge in [-0.05, 0) is 36.3 Å². The Hall–Kier alpha value is -1.09. The topological polar surface area (TPSA) is 34.1 Å². The first-order chi connectivity index (χ1) is 9.01. The predicted octanol–water partition coefficient (Wildman–Crippen LogP) is 3.64. The number of pyridine rings is 1. The highest BCUT2D eigenvalue weighted by Gasteiger charge is 2.12. The van der Waals surface area contributed by atoms with E-state index < -0.39 is 0 Å². The second-order valence-electron chi connectivity index (χ2n) is 6.04. The second kappa shape index (κ2) is 8.16. The van der Waals surface area contributed by atoms with Gasteiger partial charge in [0, 0.05) is 24.8 Å². The number of rotatable bonds is 8. The Kier molecular flexibility index (Phi) is 6.85. The van der Waals surface area contributed by atoms with Crippen molar-refractivity contribution in [2.75, 3.05) is 7.11 Å². The molecule has 0 fully saturated rings. The van der Waals surface area contributed by atoms with Crippen molar-refractivity contribution in [3.63, 3.8) is 0 Å². The van der Waals surface area contributed by atoms with E-state index in [9.17, 15) is 0 Å². The molecule has 19 heavy (non-hydrogen) atoms. The molecule has 0 unspecified atom stereocenters. The van der Waals surface area contributed by atoms with Crippen molar-refractivity contribution < 1.29 is 4.74 Å². The number of methoxy groups -OCH3 is 1. The van der Waals surface area contributed by atoms with Gasteiger partial charge in [-0.3, -0.25) is 0 Å². The van der Waals surface area contributed by atoms with Crippen molar-refractivity contribution in [1.29, 1.82) is 0 Å². The van der Waals surface area contributed by atoms with Gasteiger partial charge in [-0.15, -0.1) is 0 Å². The molecule has 0 aliphatic rings. The molecule has 1 rings (SSSR count). The zero-order valence-corrected chi connectivity index (χ0v) is 12.9. The molecule has 0 saturated heterocycles. The minimum absolute atomic E-state index is 0.583. The molecule has 108 valence electrons. The molecule has 0 atom stereocenters.